The summed E-state index contributed by atoms with van der Waals surface area (Å²) in [4.78, 5) is 21.6. The molecule has 96 valence electrons. The molecule has 0 aliphatic carbocycles. The zero-order valence-corrected chi connectivity index (χ0v) is 10.7. The summed E-state index contributed by atoms with van der Waals surface area (Å²) in [5.41, 5.74) is 8.67. The third kappa shape index (κ3) is 2.75. The molecule has 0 aliphatic heterocycles. The fourth-order valence-corrected chi connectivity index (χ4v) is 1.99. The maximum Gasteiger partial charge on any atom is 0.269 e. The summed E-state index contributed by atoms with van der Waals surface area (Å²) in [7, 11) is 0. The first-order valence-corrected chi connectivity index (χ1v) is 5.99. The van der Waals surface area contributed by atoms with Gasteiger partial charge in [-0.05, 0) is 6.92 Å². The van der Waals surface area contributed by atoms with Gasteiger partial charge in [0, 0.05) is 11.1 Å². The predicted molar refractivity (Wildman–Crippen MR) is 69.7 cm³/mol. The van der Waals surface area contributed by atoms with Crippen LogP contribution in [0.25, 0.3) is 0 Å². The van der Waals surface area contributed by atoms with Crippen LogP contribution in [-0.4, -0.2) is 26.6 Å². The fraction of sp³-hybridized carbons (Fsp3) is 0.100. The highest BCUT2D eigenvalue weighted by atomic mass is 32.1. The van der Waals surface area contributed by atoms with Gasteiger partial charge in [-0.15, -0.1) is 11.3 Å². The fourth-order valence-electron chi connectivity index (χ4n) is 1.26. The van der Waals surface area contributed by atoms with E-state index in [0.717, 1.165) is 5.69 Å². The van der Waals surface area contributed by atoms with Gasteiger partial charge >= 0.3 is 0 Å². The second kappa shape index (κ2) is 5.28. The largest absolute Gasteiger partial charge is 0.364 e. The van der Waals surface area contributed by atoms with Crippen molar-refractivity contribution in [3.63, 3.8) is 0 Å². The van der Waals surface area contributed by atoms with E-state index in [9.17, 15) is 4.79 Å². The van der Waals surface area contributed by atoms with E-state index < -0.39 is 5.91 Å². The van der Waals surface area contributed by atoms with Gasteiger partial charge in [-0.3, -0.25) is 10.2 Å². The highest BCUT2D eigenvalue weighted by molar-refractivity contribution is 7.12. The standard InChI is InChI=1S/C10H9N7OS/c1-5-3-19-10(15-5)6(2-11)16-17-9-7(8(12)18)13-4-14-9/h3-4,17H,1H3,(H2,12,18)(H,13,14)/b16-6-. The zero-order valence-electron chi connectivity index (χ0n) is 9.84. The molecule has 1 amide bonds. The molecule has 0 atom stereocenters. The molecule has 2 heterocycles. The van der Waals surface area contributed by atoms with Gasteiger partial charge in [0.2, 0.25) is 0 Å². The molecular formula is C10H9N7OS. The topological polar surface area (TPSA) is 133 Å². The molecular weight excluding hydrogens is 266 g/mol. The monoisotopic (exact) mass is 275 g/mol. The number of nitriles is 1. The number of anilines is 1. The molecule has 8 nitrogen and oxygen atoms in total. The number of carbonyl (C=O) groups excluding carboxylic acids is 1. The number of aromatic nitrogens is 3. The molecule has 2 aromatic heterocycles. The Morgan fingerprint density at radius 1 is 1.68 bits per heavy atom. The van der Waals surface area contributed by atoms with E-state index >= 15 is 0 Å². The number of aryl methyl sites for hydroxylation is 1. The van der Waals surface area contributed by atoms with Crippen LogP contribution in [0.4, 0.5) is 5.82 Å². The second-order valence-electron chi connectivity index (χ2n) is 3.47. The van der Waals surface area contributed by atoms with Crippen molar-refractivity contribution >= 4 is 28.8 Å². The van der Waals surface area contributed by atoms with Gasteiger partial charge in [-0.25, -0.2) is 9.97 Å². The number of nitrogens with zero attached hydrogens (tertiary/aromatic N) is 4. The second-order valence-corrected chi connectivity index (χ2v) is 4.33. The third-order valence-corrected chi connectivity index (χ3v) is 3.05. The summed E-state index contributed by atoms with van der Waals surface area (Å²) in [6, 6.07) is 1.92. The summed E-state index contributed by atoms with van der Waals surface area (Å²) < 4.78 is 0. The van der Waals surface area contributed by atoms with E-state index in [1.165, 1.54) is 17.7 Å². The Kier molecular flexibility index (Phi) is 3.53. The summed E-state index contributed by atoms with van der Waals surface area (Å²) >= 11 is 1.31. The Hall–Kier alpha value is -2.73. The van der Waals surface area contributed by atoms with E-state index in [2.05, 4.69) is 25.5 Å². The number of primary amides is 1. The lowest BCUT2D eigenvalue weighted by atomic mass is 10.4. The molecule has 0 saturated heterocycles. The van der Waals surface area contributed by atoms with E-state index in [4.69, 9.17) is 11.0 Å². The lowest BCUT2D eigenvalue weighted by Gasteiger charge is -1.98. The van der Waals surface area contributed by atoms with Gasteiger partial charge in [0.25, 0.3) is 5.91 Å². The van der Waals surface area contributed by atoms with Crippen LogP contribution in [0.3, 0.4) is 0 Å². The average molecular weight is 275 g/mol. The first kappa shape index (κ1) is 12.7. The SMILES string of the molecule is Cc1csc(/C(C#N)=N\Nc2nc[nH]c2C(N)=O)n1. The smallest absolute Gasteiger partial charge is 0.269 e. The van der Waals surface area contributed by atoms with Crippen molar-refractivity contribution in [2.45, 2.75) is 6.92 Å². The molecule has 0 radical (unpaired) electrons. The van der Waals surface area contributed by atoms with Crippen molar-refractivity contribution in [2.24, 2.45) is 10.8 Å². The Morgan fingerprint density at radius 2 is 2.47 bits per heavy atom. The van der Waals surface area contributed by atoms with Crippen molar-refractivity contribution in [2.75, 3.05) is 5.43 Å². The number of nitrogens with two attached hydrogens (primary N) is 1. The molecule has 0 fully saturated rings. The van der Waals surface area contributed by atoms with E-state index in [-0.39, 0.29) is 17.2 Å². The first-order valence-electron chi connectivity index (χ1n) is 5.11. The molecule has 19 heavy (non-hydrogen) atoms. The van der Waals surface area contributed by atoms with Crippen LogP contribution in [0.2, 0.25) is 0 Å². The van der Waals surface area contributed by atoms with Crippen LogP contribution in [0.1, 0.15) is 21.2 Å². The normalized spacial score (nSPS) is 11.1. The molecule has 0 bridgehead atoms. The van der Waals surface area contributed by atoms with Gasteiger partial charge in [0.1, 0.15) is 11.8 Å². The predicted octanol–water partition coefficient (Wildman–Crippen LogP) is 0.613. The maximum atomic E-state index is 11.1. The molecule has 2 rings (SSSR count). The number of imidazole rings is 1. The number of carbonyl (C=O) groups is 1. The van der Waals surface area contributed by atoms with Crippen molar-refractivity contribution in [1.29, 1.82) is 5.26 Å². The van der Waals surface area contributed by atoms with Gasteiger partial charge < -0.3 is 10.7 Å². The van der Waals surface area contributed by atoms with Crippen LogP contribution in [0.5, 0.6) is 0 Å². The van der Waals surface area contributed by atoms with E-state index in [0.29, 0.717) is 5.01 Å². The molecule has 4 N–H and O–H groups in total. The molecule has 2 aromatic rings. The third-order valence-electron chi connectivity index (χ3n) is 2.09. The van der Waals surface area contributed by atoms with E-state index in [1.807, 2.05) is 18.4 Å². The van der Waals surface area contributed by atoms with Crippen molar-refractivity contribution < 1.29 is 4.79 Å². The van der Waals surface area contributed by atoms with Gasteiger partial charge in [0.15, 0.2) is 16.5 Å². The zero-order chi connectivity index (χ0) is 13.8. The van der Waals surface area contributed by atoms with Crippen molar-refractivity contribution in [3.8, 4) is 6.07 Å². The van der Waals surface area contributed by atoms with Crippen LogP contribution in [0.15, 0.2) is 16.8 Å². The molecule has 0 unspecified atom stereocenters. The maximum absolute atomic E-state index is 11.1. The average Bonchev–Trinajstić information content (AvgIpc) is 2.99. The Balaban J connectivity index is 2.23. The molecule has 0 spiro atoms. The number of amides is 1. The molecule has 9 heteroatoms. The van der Waals surface area contributed by atoms with Crippen molar-refractivity contribution in [3.05, 3.63) is 28.1 Å². The first-order chi connectivity index (χ1) is 9.11. The summed E-state index contributed by atoms with van der Waals surface area (Å²) in [6.07, 6.45) is 1.30. The van der Waals surface area contributed by atoms with E-state index in [1.54, 1.807) is 0 Å². The Labute approximate surface area is 112 Å². The quantitative estimate of drug-likeness (QED) is 0.555. The van der Waals surface area contributed by atoms with Crippen LogP contribution >= 0.6 is 11.3 Å². The van der Waals surface area contributed by atoms with Crippen LogP contribution in [-0.2, 0) is 0 Å². The van der Waals surface area contributed by atoms with Crippen LogP contribution in [0, 0.1) is 18.3 Å². The highest BCUT2D eigenvalue weighted by Crippen LogP contribution is 2.12. The number of hydrogen-bond donors (Lipinski definition) is 3. The minimum absolute atomic E-state index is 0.0939. The number of thiazole rings is 1. The minimum Gasteiger partial charge on any atom is -0.364 e. The van der Waals surface area contributed by atoms with Crippen molar-refractivity contribution in [1.82, 2.24) is 15.0 Å². The Bertz CT molecular complexity index is 678. The lowest BCUT2D eigenvalue weighted by Crippen LogP contribution is -2.13. The number of rotatable bonds is 4. The Morgan fingerprint density at radius 3 is 3.05 bits per heavy atom. The molecule has 0 saturated carbocycles. The van der Waals surface area contributed by atoms with Gasteiger partial charge in [-0.1, -0.05) is 0 Å². The number of hydrazone groups is 1. The lowest BCUT2D eigenvalue weighted by molar-refractivity contribution is 0.0997. The number of hydrogen-bond acceptors (Lipinski definition) is 7. The molecule has 0 aromatic carbocycles. The van der Waals surface area contributed by atoms with Gasteiger partial charge in [-0.2, -0.15) is 10.4 Å². The highest BCUT2D eigenvalue weighted by Gasteiger charge is 2.12. The summed E-state index contributed by atoms with van der Waals surface area (Å²) in [5, 5.41) is 15.2. The summed E-state index contributed by atoms with van der Waals surface area (Å²) in [6.45, 7) is 1.82. The minimum atomic E-state index is -0.668. The molecule has 0 aliphatic rings. The number of nitrogens with one attached hydrogen (secondary N) is 2. The van der Waals surface area contributed by atoms with Gasteiger partial charge in [0.05, 0.1) is 6.33 Å². The summed E-state index contributed by atoms with van der Waals surface area (Å²) in [5.74, 6) is -0.507. The van der Waals surface area contributed by atoms with Crippen LogP contribution < -0.4 is 11.2 Å². The number of H-pyrrole nitrogens is 1. The number of aromatic amines is 1.